The highest BCUT2D eigenvalue weighted by Crippen LogP contribution is 2.30. The number of nitrogens with two attached hydrogens (primary N) is 1. The third kappa shape index (κ3) is 2.74. The highest BCUT2D eigenvalue weighted by Gasteiger charge is 2.32. The van der Waals surface area contributed by atoms with Crippen molar-refractivity contribution in [1.29, 1.82) is 0 Å². The zero-order chi connectivity index (χ0) is 14.0. The summed E-state index contributed by atoms with van der Waals surface area (Å²) < 4.78 is 40.0. The minimum Gasteiger partial charge on any atom is -0.398 e. The molecule has 1 saturated carbocycles. The molecule has 0 heterocycles. The Balaban J connectivity index is 2.36. The van der Waals surface area contributed by atoms with Crippen LogP contribution in [0, 0.1) is 5.82 Å². The van der Waals surface area contributed by atoms with Gasteiger partial charge in [-0.15, -0.1) is 0 Å². The predicted molar refractivity (Wildman–Crippen MR) is 72.6 cm³/mol. The van der Waals surface area contributed by atoms with E-state index in [1.165, 1.54) is 23.5 Å². The smallest absolute Gasteiger partial charge is 0.248 e. The number of benzene rings is 1. The molecule has 1 fully saturated rings. The first kappa shape index (κ1) is 14.3. The van der Waals surface area contributed by atoms with Crippen molar-refractivity contribution >= 4 is 15.7 Å². The van der Waals surface area contributed by atoms with Crippen molar-refractivity contribution in [3.8, 4) is 0 Å². The molecule has 6 heteroatoms. The maximum absolute atomic E-state index is 13.8. The maximum atomic E-state index is 13.8. The average Bonchev–Trinajstić information content (AvgIpc) is 2.38. The molecule has 0 aromatic heterocycles. The largest absolute Gasteiger partial charge is 0.398 e. The summed E-state index contributed by atoms with van der Waals surface area (Å²) in [5, 5.41) is 0. The summed E-state index contributed by atoms with van der Waals surface area (Å²) in [6.45, 7) is 0. The number of anilines is 1. The highest BCUT2D eigenvalue weighted by atomic mass is 32.2. The van der Waals surface area contributed by atoms with Crippen molar-refractivity contribution in [2.75, 3.05) is 12.8 Å². The zero-order valence-corrected chi connectivity index (χ0v) is 11.8. The summed E-state index contributed by atoms with van der Waals surface area (Å²) in [6.07, 6.45) is 4.80. The van der Waals surface area contributed by atoms with Crippen molar-refractivity contribution in [2.45, 2.75) is 43.0 Å². The Hall–Kier alpha value is -1.14. The number of halogens is 1. The standard InChI is InChI=1S/C13H19FN2O2S/c1-16(10-6-3-2-4-7-10)19(17,18)13-11(14)8-5-9-12(13)15/h5,8-10H,2-4,6-7,15H2,1H3. The molecule has 19 heavy (non-hydrogen) atoms. The quantitative estimate of drug-likeness (QED) is 0.868. The van der Waals surface area contributed by atoms with Crippen LogP contribution in [0.15, 0.2) is 23.1 Å². The lowest BCUT2D eigenvalue weighted by Gasteiger charge is -2.30. The number of hydrogen-bond donors (Lipinski definition) is 1. The van der Waals surface area contributed by atoms with Gasteiger partial charge in [0.1, 0.15) is 10.7 Å². The first-order valence-electron chi connectivity index (χ1n) is 6.46. The molecule has 1 aliphatic rings. The minimum absolute atomic E-state index is 0.0392. The molecule has 0 radical (unpaired) electrons. The second-order valence-electron chi connectivity index (χ2n) is 4.97. The molecule has 4 nitrogen and oxygen atoms in total. The Kier molecular flexibility index (Phi) is 4.10. The highest BCUT2D eigenvalue weighted by molar-refractivity contribution is 7.89. The van der Waals surface area contributed by atoms with Gasteiger partial charge in [0.15, 0.2) is 0 Å². The Morgan fingerprint density at radius 1 is 1.26 bits per heavy atom. The molecular formula is C13H19FN2O2S. The van der Waals surface area contributed by atoms with Gasteiger partial charge in [0, 0.05) is 13.1 Å². The van der Waals surface area contributed by atoms with Gasteiger partial charge in [-0.2, -0.15) is 4.31 Å². The van der Waals surface area contributed by atoms with Gasteiger partial charge in [-0.3, -0.25) is 0 Å². The van der Waals surface area contributed by atoms with E-state index < -0.39 is 20.7 Å². The Bertz CT molecular complexity index is 534. The Morgan fingerprint density at radius 3 is 2.47 bits per heavy atom. The Labute approximate surface area is 113 Å². The average molecular weight is 286 g/mol. The van der Waals surface area contributed by atoms with Crippen LogP contribution in [0.1, 0.15) is 32.1 Å². The summed E-state index contributed by atoms with van der Waals surface area (Å²) in [5.74, 6) is -0.789. The number of sulfonamides is 1. The molecule has 2 rings (SSSR count). The molecule has 0 unspecified atom stereocenters. The first-order valence-corrected chi connectivity index (χ1v) is 7.90. The molecular weight excluding hydrogens is 267 g/mol. The summed E-state index contributed by atoms with van der Waals surface area (Å²) >= 11 is 0. The third-order valence-electron chi connectivity index (χ3n) is 3.72. The lowest BCUT2D eigenvalue weighted by Crippen LogP contribution is -2.38. The molecule has 0 saturated heterocycles. The normalized spacial score (nSPS) is 17.8. The van der Waals surface area contributed by atoms with Crippen LogP contribution in [0.25, 0.3) is 0 Å². The summed E-state index contributed by atoms with van der Waals surface area (Å²) in [6, 6.07) is 3.88. The Morgan fingerprint density at radius 2 is 1.89 bits per heavy atom. The van der Waals surface area contributed by atoms with E-state index in [0.717, 1.165) is 38.2 Å². The van der Waals surface area contributed by atoms with E-state index in [4.69, 9.17) is 5.73 Å². The van der Waals surface area contributed by atoms with Gasteiger partial charge in [-0.05, 0) is 25.0 Å². The van der Waals surface area contributed by atoms with Gasteiger partial charge in [0.05, 0.1) is 5.69 Å². The van der Waals surface area contributed by atoms with Gasteiger partial charge in [-0.1, -0.05) is 25.3 Å². The van der Waals surface area contributed by atoms with Gasteiger partial charge in [0.2, 0.25) is 10.0 Å². The monoisotopic (exact) mass is 286 g/mol. The number of nitrogen functional groups attached to an aromatic ring is 1. The second-order valence-corrected chi connectivity index (χ2v) is 6.91. The van der Waals surface area contributed by atoms with Crippen LogP contribution < -0.4 is 5.73 Å². The molecule has 1 aliphatic carbocycles. The van der Waals surface area contributed by atoms with E-state index in [2.05, 4.69) is 0 Å². The fraction of sp³-hybridized carbons (Fsp3) is 0.538. The van der Waals surface area contributed by atoms with E-state index in [1.54, 1.807) is 0 Å². The van der Waals surface area contributed by atoms with Crippen LogP contribution in [-0.4, -0.2) is 25.8 Å². The number of rotatable bonds is 3. The van der Waals surface area contributed by atoms with Crippen LogP contribution in [0.5, 0.6) is 0 Å². The van der Waals surface area contributed by atoms with E-state index >= 15 is 0 Å². The fourth-order valence-electron chi connectivity index (χ4n) is 2.58. The molecule has 0 spiro atoms. The maximum Gasteiger partial charge on any atom is 0.248 e. The van der Waals surface area contributed by atoms with Gasteiger partial charge in [-0.25, -0.2) is 12.8 Å². The van der Waals surface area contributed by atoms with Crippen molar-refractivity contribution in [3.63, 3.8) is 0 Å². The molecule has 0 amide bonds. The van der Waals surface area contributed by atoms with Crippen molar-refractivity contribution < 1.29 is 12.8 Å². The van der Waals surface area contributed by atoms with Crippen LogP contribution >= 0.6 is 0 Å². The predicted octanol–water partition coefficient (Wildman–Crippen LogP) is 2.36. The van der Waals surface area contributed by atoms with Crippen molar-refractivity contribution in [3.05, 3.63) is 24.0 Å². The third-order valence-corrected chi connectivity index (χ3v) is 5.73. The first-order chi connectivity index (χ1) is 8.94. The van der Waals surface area contributed by atoms with Crippen molar-refractivity contribution in [2.24, 2.45) is 0 Å². The zero-order valence-electron chi connectivity index (χ0n) is 11.0. The summed E-state index contributed by atoms with van der Waals surface area (Å²) in [5.41, 5.74) is 5.59. The van der Waals surface area contributed by atoms with Crippen LogP contribution in [0.2, 0.25) is 0 Å². The molecule has 0 atom stereocenters. The lowest BCUT2D eigenvalue weighted by molar-refractivity contribution is 0.285. The van der Waals surface area contributed by atoms with Crippen molar-refractivity contribution in [1.82, 2.24) is 4.31 Å². The van der Waals surface area contributed by atoms with Gasteiger partial charge < -0.3 is 5.73 Å². The molecule has 1 aromatic carbocycles. The van der Waals surface area contributed by atoms with Gasteiger partial charge >= 0.3 is 0 Å². The van der Waals surface area contributed by atoms with E-state index in [1.807, 2.05) is 0 Å². The topological polar surface area (TPSA) is 63.4 Å². The summed E-state index contributed by atoms with van der Waals surface area (Å²) in [7, 11) is -2.36. The van der Waals surface area contributed by atoms with Crippen LogP contribution in [0.4, 0.5) is 10.1 Å². The molecule has 0 aliphatic heterocycles. The fourth-order valence-corrected chi connectivity index (χ4v) is 4.15. The van der Waals surface area contributed by atoms with E-state index in [-0.39, 0.29) is 11.7 Å². The lowest BCUT2D eigenvalue weighted by atomic mass is 9.96. The number of hydrogen-bond acceptors (Lipinski definition) is 3. The molecule has 0 bridgehead atoms. The number of nitrogens with zero attached hydrogens (tertiary/aromatic N) is 1. The van der Waals surface area contributed by atoms with Crippen LogP contribution in [0.3, 0.4) is 0 Å². The van der Waals surface area contributed by atoms with E-state index in [0.29, 0.717) is 0 Å². The second kappa shape index (κ2) is 5.46. The SMILES string of the molecule is CN(C1CCCCC1)S(=O)(=O)c1c(N)cccc1F. The van der Waals surface area contributed by atoms with Gasteiger partial charge in [0.25, 0.3) is 0 Å². The molecule has 1 aromatic rings. The van der Waals surface area contributed by atoms with Crippen LogP contribution in [-0.2, 0) is 10.0 Å². The molecule has 2 N–H and O–H groups in total. The van der Waals surface area contributed by atoms with E-state index in [9.17, 15) is 12.8 Å². The summed E-state index contributed by atoms with van der Waals surface area (Å²) in [4.78, 5) is -0.400. The molecule has 106 valence electrons. The minimum atomic E-state index is -3.87.